The van der Waals surface area contributed by atoms with Crippen molar-refractivity contribution in [3.63, 3.8) is 0 Å². The Bertz CT molecular complexity index is 209. The third-order valence-corrected chi connectivity index (χ3v) is 3.22. The summed E-state index contributed by atoms with van der Waals surface area (Å²) in [6.45, 7) is 5.21. The molecule has 4 heteroatoms. The van der Waals surface area contributed by atoms with Gasteiger partial charge in [0.15, 0.2) is 0 Å². The molecule has 1 rings (SSSR count). The molecule has 0 bridgehead atoms. The molecule has 0 aromatic heterocycles. The second kappa shape index (κ2) is 6.08. The van der Waals surface area contributed by atoms with E-state index >= 15 is 0 Å². The largest absolute Gasteiger partial charge is 0.468 e. The Balaban J connectivity index is 2.36. The quantitative estimate of drug-likeness (QED) is 0.676. The number of hydrogen-bond donors (Lipinski definition) is 1. The summed E-state index contributed by atoms with van der Waals surface area (Å²) < 4.78 is 4.74. The number of carbonyl (C=O) groups excluding carboxylic acids is 1. The normalized spacial score (nSPS) is 24.1. The number of nitrogens with zero attached hydrogens (tertiary/aromatic N) is 1. The van der Waals surface area contributed by atoms with E-state index in [0.29, 0.717) is 0 Å². The molecule has 1 saturated heterocycles. The monoisotopic (exact) mass is 214 g/mol. The number of rotatable bonds is 5. The Morgan fingerprint density at radius 3 is 2.87 bits per heavy atom. The van der Waals surface area contributed by atoms with Crippen LogP contribution in [0.1, 0.15) is 19.8 Å². The molecule has 2 atom stereocenters. The van der Waals surface area contributed by atoms with Crippen LogP contribution < -0.4 is 5.32 Å². The van der Waals surface area contributed by atoms with Gasteiger partial charge in [0.2, 0.25) is 0 Å². The van der Waals surface area contributed by atoms with Gasteiger partial charge in [0.05, 0.1) is 7.11 Å². The zero-order valence-electron chi connectivity index (χ0n) is 9.95. The van der Waals surface area contributed by atoms with Crippen LogP contribution in [0.2, 0.25) is 0 Å². The Morgan fingerprint density at radius 2 is 2.40 bits per heavy atom. The summed E-state index contributed by atoms with van der Waals surface area (Å²) >= 11 is 0. The van der Waals surface area contributed by atoms with Gasteiger partial charge >= 0.3 is 5.97 Å². The van der Waals surface area contributed by atoms with Gasteiger partial charge in [-0.15, -0.1) is 0 Å². The molecule has 0 aromatic carbocycles. The molecule has 1 N–H and O–H groups in total. The third-order valence-electron chi connectivity index (χ3n) is 3.22. The lowest BCUT2D eigenvalue weighted by molar-refractivity contribution is -0.143. The number of nitrogens with one attached hydrogen (secondary N) is 1. The predicted octanol–water partition coefficient (Wildman–Crippen LogP) is 0.479. The van der Waals surface area contributed by atoms with E-state index in [2.05, 4.69) is 17.1 Å². The van der Waals surface area contributed by atoms with Gasteiger partial charge in [-0.05, 0) is 25.9 Å². The van der Waals surface area contributed by atoms with Gasteiger partial charge in [-0.2, -0.15) is 0 Å². The van der Waals surface area contributed by atoms with Gasteiger partial charge in [0.1, 0.15) is 6.04 Å². The van der Waals surface area contributed by atoms with Crippen LogP contribution in [0.4, 0.5) is 0 Å². The van der Waals surface area contributed by atoms with Crippen LogP contribution in [0.5, 0.6) is 0 Å². The van der Waals surface area contributed by atoms with Crippen LogP contribution >= 0.6 is 0 Å². The lowest BCUT2D eigenvalue weighted by Gasteiger charge is -2.21. The Hall–Kier alpha value is -0.610. The topological polar surface area (TPSA) is 41.6 Å². The number of carbonyl (C=O) groups is 1. The van der Waals surface area contributed by atoms with Crippen molar-refractivity contribution in [2.45, 2.75) is 25.8 Å². The van der Waals surface area contributed by atoms with Gasteiger partial charge in [-0.1, -0.05) is 13.3 Å². The van der Waals surface area contributed by atoms with E-state index in [-0.39, 0.29) is 12.0 Å². The van der Waals surface area contributed by atoms with Crippen molar-refractivity contribution in [1.29, 1.82) is 0 Å². The van der Waals surface area contributed by atoms with Crippen molar-refractivity contribution in [3.05, 3.63) is 0 Å². The van der Waals surface area contributed by atoms with Crippen LogP contribution in [-0.4, -0.2) is 50.7 Å². The van der Waals surface area contributed by atoms with E-state index in [1.54, 1.807) is 7.05 Å². The second-order valence-electron chi connectivity index (χ2n) is 4.19. The summed E-state index contributed by atoms with van der Waals surface area (Å²) in [5.74, 6) is 0.637. The summed E-state index contributed by atoms with van der Waals surface area (Å²) in [7, 11) is 3.24. The molecule has 0 amide bonds. The van der Waals surface area contributed by atoms with E-state index < -0.39 is 0 Å². The molecule has 0 aromatic rings. The summed E-state index contributed by atoms with van der Waals surface area (Å²) in [5.41, 5.74) is 0. The first-order valence-corrected chi connectivity index (χ1v) is 5.68. The molecule has 88 valence electrons. The summed E-state index contributed by atoms with van der Waals surface area (Å²) in [6, 6.07) is -0.189. The highest BCUT2D eigenvalue weighted by molar-refractivity contribution is 5.75. The van der Waals surface area contributed by atoms with Gasteiger partial charge in [-0.3, -0.25) is 4.79 Å². The molecule has 1 fully saturated rings. The maximum absolute atomic E-state index is 11.4. The van der Waals surface area contributed by atoms with E-state index in [4.69, 9.17) is 4.74 Å². The van der Waals surface area contributed by atoms with E-state index in [1.807, 2.05) is 0 Å². The molecule has 1 aliphatic rings. The number of hydrogen-bond acceptors (Lipinski definition) is 4. The molecule has 0 saturated carbocycles. The fraction of sp³-hybridized carbons (Fsp3) is 0.909. The average Bonchev–Trinajstić information content (AvgIpc) is 2.72. The lowest BCUT2D eigenvalue weighted by Crippen LogP contribution is -2.44. The molecule has 1 heterocycles. The average molecular weight is 214 g/mol. The highest BCUT2D eigenvalue weighted by Crippen LogP contribution is 2.18. The van der Waals surface area contributed by atoms with E-state index in [1.165, 1.54) is 20.0 Å². The van der Waals surface area contributed by atoms with Crippen LogP contribution in [0.15, 0.2) is 0 Å². The zero-order chi connectivity index (χ0) is 11.3. The Labute approximate surface area is 92.0 Å². The van der Waals surface area contributed by atoms with Crippen molar-refractivity contribution in [1.82, 2.24) is 10.2 Å². The highest BCUT2D eigenvalue weighted by atomic mass is 16.5. The minimum absolute atomic E-state index is 0.169. The predicted molar refractivity (Wildman–Crippen MR) is 59.7 cm³/mol. The standard InChI is InChI=1S/C11H22N2O2/c1-4-9-5-6-13(7-9)8-10(12-2)11(14)15-3/h9-10,12H,4-8H2,1-3H3. The number of likely N-dealkylation sites (N-methyl/N-ethyl adjacent to an activating group) is 1. The van der Waals surface area contributed by atoms with Crippen molar-refractivity contribution >= 4 is 5.97 Å². The third kappa shape index (κ3) is 3.47. The minimum Gasteiger partial charge on any atom is -0.468 e. The van der Waals surface area contributed by atoms with Gasteiger partial charge < -0.3 is 15.0 Å². The zero-order valence-corrected chi connectivity index (χ0v) is 9.95. The van der Waals surface area contributed by atoms with Crippen molar-refractivity contribution < 1.29 is 9.53 Å². The SMILES string of the molecule is CCC1CCN(CC(NC)C(=O)OC)C1. The Kier molecular flexibility index (Phi) is 5.05. The van der Waals surface area contributed by atoms with Crippen molar-refractivity contribution in [3.8, 4) is 0 Å². The molecule has 0 spiro atoms. The summed E-state index contributed by atoms with van der Waals surface area (Å²) in [5, 5.41) is 3.00. The number of likely N-dealkylation sites (tertiary alicyclic amines) is 1. The van der Waals surface area contributed by atoms with Gasteiger partial charge in [0.25, 0.3) is 0 Å². The van der Waals surface area contributed by atoms with E-state index in [9.17, 15) is 4.79 Å². The maximum atomic E-state index is 11.4. The van der Waals surface area contributed by atoms with E-state index in [0.717, 1.165) is 25.6 Å². The molecule has 0 radical (unpaired) electrons. The summed E-state index contributed by atoms with van der Waals surface area (Å²) in [4.78, 5) is 13.7. The molecule has 4 nitrogen and oxygen atoms in total. The lowest BCUT2D eigenvalue weighted by atomic mass is 10.1. The number of esters is 1. The highest BCUT2D eigenvalue weighted by Gasteiger charge is 2.26. The fourth-order valence-corrected chi connectivity index (χ4v) is 2.10. The Morgan fingerprint density at radius 1 is 1.67 bits per heavy atom. The second-order valence-corrected chi connectivity index (χ2v) is 4.19. The minimum atomic E-state index is -0.189. The number of ether oxygens (including phenoxy) is 1. The molecular weight excluding hydrogens is 192 g/mol. The first-order chi connectivity index (χ1) is 7.21. The van der Waals surface area contributed by atoms with Crippen LogP contribution in [0.3, 0.4) is 0 Å². The van der Waals surface area contributed by atoms with Crippen molar-refractivity contribution in [2.75, 3.05) is 33.8 Å². The molecule has 15 heavy (non-hydrogen) atoms. The molecule has 1 aliphatic heterocycles. The first kappa shape index (κ1) is 12.5. The first-order valence-electron chi connectivity index (χ1n) is 5.68. The van der Waals surface area contributed by atoms with Crippen molar-refractivity contribution in [2.24, 2.45) is 5.92 Å². The molecular formula is C11H22N2O2. The van der Waals surface area contributed by atoms with Crippen LogP contribution in [0, 0.1) is 5.92 Å². The maximum Gasteiger partial charge on any atom is 0.324 e. The fourth-order valence-electron chi connectivity index (χ4n) is 2.10. The van der Waals surface area contributed by atoms with Crippen LogP contribution in [-0.2, 0) is 9.53 Å². The van der Waals surface area contributed by atoms with Gasteiger partial charge in [0, 0.05) is 13.1 Å². The smallest absolute Gasteiger partial charge is 0.324 e. The summed E-state index contributed by atoms with van der Waals surface area (Å²) in [6.07, 6.45) is 2.49. The number of methoxy groups -OCH3 is 1. The van der Waals surface area contributed by atoms with Gasteiger partial charge in [-0.25, -0.2) is 0 Å². The molecule has 0 aliphatic carbocycles. The van der Waals surface area contributed by atoms with Crippen LogP contribution in [0.25, 0.3) is 0 Å². The molecule has 2 unspecified atom stereocenters.